The molecule has 0 fully saturated rings. The number of hydrogen-bond acceptors (Lipinski definition) is 4. The first-order chi connectivity index (χ1) is 9.33. The molecule has 0 saturated carbocycles. The van der Waals surface area contributed by atoms with E-state index < -0.39 is 0 Å². The van der Waals surface area contributed by atoms with E-state index in [1.807, 2.05) is 24.4 Å². The summed E-state index contributed by atoms with van der Waals surface area (Å²) < 4.78 is 5.24. The van der Waals surface area contributed by atoms with E-state index in [2.05, 4.69) is 11.1 Å². The van der Waals surface area contributed by atoms with E-state index >= 15 is 0 Å². The van der Waals surface area contributed by atoms with Crippen LogP contribution >= 0.6 is 11.8 Å². The van der Waals surface area contributed by atoms with E-state index in [0.29, 0.717) is 0 Å². The molecule has 3 rings (SSSR count). The standard InChI is InChI=1S/C14H12N2O2S/c17-14(18-10-11-2-1-5-15-8-11)16-6-3-12-4-7-19-13(12)9-16/h1-6,8-9H,7,10H2. The van der Waals surface area contributed by atoms with Gasteiger partial charge in [0.25, 0.3) is 0 Å². The molecule has 0 spiro atoms. The highest BCUT2D eigenvalue weighted by atomic mass is 32.2. The maximum absolute atomic E-state index is 11.9. The lowest BCUT2D eigenvalue weighted by Crippen LogP contribution is -2.23. The Bertz CT molecular complexity index is 578. The molecule has 0 bridgehead atoms. The second-order valence-electron chi connectivity index (χ2n) is 4.10. The van der Waals surface area contributed by atoms with Crippen molar-refractivity contribution in [2.24, 2.45) is 0 Å². The van der Waals surface area contributed by atoms with Crippen molar-refractivity contribution < 1.29 is 9.53 Å². The summed E-state index contributed by atoms with van der Waals surface area (Å²) in [7, 11) is 0. The third-order valence-corrected chi connectivity index (χ3v) is 3.78. The molecule has 2 aliphatic heterocycles. The molecule has 19 heavy (non-hydrogen) atoms. The number of ether oxygens (including phenoxy) is 1. The molecule has 3 heterocycles. The van der Waals surface area contributed by atoms with Crippen LogP contribution in [0.5, 0.6) is 0 Å². The topological polar surface area (TPSA) is 42.4 Å². The average Bonchev–Trinajstić information content (AvgIpc) is 2.93. The lowest BCUT2D eigenvalue weighted by molar-refractivity contribution is 0.121. The molecule has 4 nitrogen and oxygen atoms in total. The average molecular weight is 272 g/mol. The van der Waals surface area contributed by atoms with Crippen LogP contribution in [0.1, 0.15) is 5.56 Å². The Kier molecular flexibility index (Phi) is 3.37. The van der Waals surface area contributed by atoms with Crippen molar-refractivity contribution in [3.63, 3.8) is 0 Å². The molecule has 0 radical (unpaired) electrons. The van der Waals surface area contributed by atoms with Gasteiger partial charge in [0.2, 0.25) is 0 Å². The van der Waals surface area contributed by atoms with Gasteiger partial charge in [-0.3, -0.25) is 9.88 Å². The van der Waals surface area contributed by atoms with Gasteiger partial charge in [0, 0.05) is 41.0 Å². The van der Waals surface area contributed by atoms with Gasteiger partial charge in [0.05, 0.1) is 0 Å². The van der Waals surface area contributed by atoms with Crippen LogP contribution < -0.4 is 0 Å². The molecule has 0 aliphatic carbocycles. The number of thioether (sulfide) groups is 1. The van der Waals surface area contributed by atoms with Crippen LogP contribution in [0.25, 0.3) is 0 Å². The number of carbonyl (C=O) groups is 1. The molecule has 0 unspecified atom stereocenters. The molecule has 1 amide bonds. The van der Waals surface area contributed by atoms with Gasteiger partial charge in [-0.1, -0.05) is 12.1 Å². The minimum Gasteiger partial charge on any atom is -0.444 e. The number of hydrogen-bond donors (Lipinski definition) is 0. The van der Waals surface area contributed by atoms with Crippen LogP contribution in [0.4, 0.5) is 4.79 Å². The van der Waals surface area contributed by atoms with Gasteiger partial charge in [-0.25, -0.2) is 4.79 Å². The van der Waals surface area contributed by atoms with Crippen LogP contribution in [0.2, 0.25) is 0 Å². The molecule has 1 aromatic heterocycles. The number of nitrogens with zero attached hydrogens (tertiary/aromatic N) is 2. The first kappa shape index (κ1) is 12.0. The fraction of sp³-hybridized carbons (Fsp3) is 0.143. The van der Waals surface area contributed by atoms with Crippen molar-refractivity contribution >= 4 is 17.9 Å². The summed E-state index contributed by atoms with van der Waals surface area (Å²) in [6.45, 7) is 0.232. The molecule has 0 atom stereocenters. The van der Waals surface area contributed by atoms with Crippen molar-refractivity contribution in [3.8, 4) is 0 Å². The summed E-state index contributed by atoms with van der Waals surface area (Å²) in [6, 6.07) is 3.69. The van der Waals surface area contributed by atoms with Crippen molar-refractivity contribution in [1.82, 2.24) is 9.88 Å². The van der Waals surface area contributed by atoms with Crippen molar-refractivity contribution in [3.05, 3.63) is 65.1 Å². The Morgan fingerprint density at radius 2 is 2.47 bits per heavy atom. The van der Waals surface area contributed by atoms with Crippen molar-refractivity contribution in [2.75, 3.05) is 5.75 Å². The summed E-state index contributed by atoms with van der Waals surface area (Å²) in [4.78, 5) is 18.5. The zero-order chi connectivity index (χ0) is 13.1. The molecule has 96 valence electrons. The highest BCUT2D eigenvalue weighted by Crippen LogP contribution is 2.34. The highest BCUT2D eigenvalue weighted by Gasteiger charge is 2.19. The molecule has 0 saturated heterocycles. The van der Waals surface area contributed by atoms with E-state index in [-0.39, 0.29) is 12.7 Å². The molecule has 0 N–H and O–H groups in total. The number of carbonyl (C=O) groups excluding carboxylic acids is 1. The van der Waals surface area contributed by atoms with Gasteiger partial charge in [0.1, 0.15) is 6.61 Å². The Morgan fingerprint density at radius 3 is 3.32 bits per heavy atom. The Morgan fingerprint density at radius 1 is 1.53 bits per heavy atom. The third kappa shape index (κ3) is 2.71. The van der Waals surface area contributed by atoms with E-state index in [0.717, 1.165) is 16.2 Å². The summed E-state index contributed by atoms with van der Waals surface area (Å²) in [5.74, 6) is 0.962. The predicted molar refractivity (Wildman–Crippen MR) is 74.0 cm³/mol. The minimum absolute atomic E-state index is 0.232. The number of allylic oxidation sites excluding steroid dienone is 2. The molecular weight excluding hydrogens is 260 g/mol. The smallest absolute Gasteiger partial charge is 0.418 e. The van der Waals surface area contributed by atoms with Gasteiger partial charge in [-0.05, 0) is 17.7 Å². The fourth-order valence-corrected chi connectivity index (χ4v) is 2.76. The van der Waals surface area contributed by atoms with Gasteiger partial charge in [-0.15, -0.1) is 11.8 Å². The van der Waals surface area contributed by atoms with E-state index in [9.17, 15) is 4.79 Å². The van der Waals surface area contributed by atoms with Crippen molar-refractivity contribution in [1.29, 1.82) is 0 Å². The third-order valence-electron chi connectivity index (χ3n) is 2.79. The Balaban J connectivity index is 1.61. The summed E-state index contributed by atoms with van der Waals surface area (Å²) >= 11 is 1.72. The minimum atomic E-state index is -0.376. The number of pyridine rings is 1. The van der Waals surface area contributed by atoms with Crippen molar-refractivity contribution in [2.45, 2.75) is 6.61 Å². The van der Waals surface area contributed by atoms with E-state index in [4.69, 9.17) is 4.74 Å². The van der Waals surface area contributed by atoms with Crippen LogP contribution in [0.15, 0.2) is 59.6 Å². The maximum atomic E-state index is 11.9. The van der Waals surface area contributed by atoms with E-state index in [1.54, 1.807) is 30.4 Å². The second-order valence-corrected chi connectivity index (χ2v) is 5.16. The largest absolute Gasteiger partial charge is 0.444 e. The summed E-state index contributed by atoms with van der Waals surface area (Å²) in [5, 5.41) is 0. The number of rotatable bonds is 2. The normalized spacial score (nSPS) is 16.7. The summed E-state index contributed by atoms with van der Waals surface area (Å²) in [6.07, 6.45) is 10.6. The predicted octanol–water partition coefficient (Wildman–Crippen LogP) is 3.06. The Hall–Kier alpha value is -2.01. The highest BCUT2D eigenvalue weighted by molar-refractivity contribution is 8.03. The Labute approximate surface area is 115 Å². The van der Waals surface area contributed by atoms with Crippen LogP contribution in [0.3, 0.4) is 0 Å². The molecule has 2 aliphatic rings. The first-order valence-electron chi connectivity index (χ1n) is 5.90. The second kappa shape index (κ2) is 5.32. The maximum Gasteiger partial charge on any atom is 0.418 e. The number of amides is 1. The van der Waals surface area contributed by atoms with Crippen LogP contribution in [0, 0.1) is 0 Å². The van der Waals surface area contributed by atoms with Gasteiger partial charge in [-0.2, -0.15) is 0 Å². The number of aromatic nitrogens is 1. The molecular formula is C14H12N2O2S. The quantitative estimate of drug-likeness (QED) is 0.830. The van der Waals surface area contributed by atoms with E-state index in [1.165, 1.54) is 10.5 Å². The zero-order valence-corrected chi connectivity index (χ0v) is 11.0. The monoisotopic (exact) mass is 272 g/mol. The fourth-order valence-electron chi connectivity index (χ4n) is 1.81. The van der Waals surface area contributed by atoms with Gasteiger partial charge < -0.3 is 4.74 Å². The lowest BCUT2D eigenvalue weighted by Gasteiger charge is -2.18. The van der Waals surface area contributed by atoms with Crippen LogP contribution in [-0.4, -0.2) is 21.7 Å². The van der Waals surface area contributed by atoms with Crippen LogP contribution in [-0.2, 0) is 11.3 Å². The van der Waals surface area contributed by atoms with Gasteiger partial charge in [0.15, 0.2) is 0 Å². The lowest BCUT2D eigenvalue weighted by atomic mass is 10.2. The SMILES string of the molecule is O=C(OCc1cccnc1)N1C=CC2=CCSC2=C1. The number of fused-ring (bicyclic) bond motifs is 1. The first-order valence-corrected chi connectivity index (χ1v) is 6.89. The summed E-state index contributed by atoms with van der Waals surface area (Å²) in [5.41, 5.74) is 2.06. The zero-order valence-electron chi connectivity index (χ0n) is 10.2. The molecule has 0 aromatic carbocycles. The van der Waals surface area contributed by atoms with Gasteiger partial charge >= 0.3 is 6.09 Å². The molecule has 5 heteroatoms. The molecule has 1 aromatic rings.